The molecule has 0 radical (unpaired) electrons. The normalized spacial score (nSPS) is 17.0. The Kier molecular flexibility index (Phi) is 6.30. The van der Waals surface area contributed by atoms with Crippen LogP contribution in [0.4, 0.5) is 5.69 Å². The molecule has 0 aliphatic carbocycles. The third-order valence-corrected chi connectivity index (χ3v) is 5.94. The average molecular weight is 350 g/mol. The Morgan fingerprint density at radius 1 is 1.32 bits per heavy atom. The average Bonchev–Trinajstić information content (AvgIpc) is 2.46. The van der Waals surface area contributed by atoms with Gasteiger partial charge in [-0.2, -0.15) is 4.31 Å². The number of nitro benzene ring substituents is 1. The Hall–Kier alpha value is -1.22. The molecule has 0 bridgehead atoms. The van der Waals surface area contributed by atoms with E-state index in [1.54, 1.807) is 13.0 Å². The number of rotatable bonds is 4. The van der Waals surface area contributed by atoms with E-state index in [0.717, 1.165) is 0 Å². The van der Waals surface area contributed by atoms with Crippen LogP contribution < -0.4 is 5.32 Å². The maximum Gasteiger partial charge on any atom is 0.289 e. The fraction of sp³-hybridized carbons (Fsp3) is 0.538. The molecule has 22 heavy (non-hydrogen) atoms. The van der Waals surface area contributed by atoms with Crippen LogP contribution >= 0.6 is 12.4 Å². The van der Waals surface area contributed by atoms with Gasteiger partial charge in [-0.15, -0.1) is 12.4 Å². The first-order valence-electron chi connectivity index (χ1n) is 6.79. The van der Waals surface area contributed by atoms with Gasteiger partial charge in [-0.05, 0) is 32.4 Å². The minimum Gasteiger partial charge on any atom is -0.317 e. The number of halogens is 1. The summed E-state index contributed by atoms with van der Waals surface area (Å²) in [5.74, 6) is 0. The molecule has 0 aromatic heterocycles. The first-order chi connectivity index (χ1) is 9.87. The van der Waals surface area contributed by atoms with E-state index in [0.29, 0.717) is 37.5 Å². The van der Waals surface area contributed by atoms with Crippen molar-refractivity contribution < 1.29 is 13.3 Å². The summed E-state index contributed by atoms with van der Waals surface area (Å²) in [7, 11) is -1.99. The fourth-order valence-electron chi connectivity index (χ4n) is 2.63. The number of hydrogen-bond donors (Lipinski definition) is 1. The zero-order valence-corrected chi connectivity index (χ0v) is 14.1. The summed E-state index contributed by atoms with van der Waals surface area (Å²) >= 11 is 0. The van der Waals surface area contributed by atoms with Gasteiger partial charge in [0, 0.05) is 25.2 Å². The second-order valence-electron chi connectivity index (χ2n) is 5.15. The molecule has 1 aromatic carbocycles. The van der Waals surface area contributed by atoms with Crippen molar-refractivity contribution in [3.05, 3.63) is 33.9 Å². The summed E-state index contributed by atoms with van der Waals surface area (Å²) in [6.07, 6.45) is 1.41. The van der Waals surface area contributed by atoms with Crippen molar-refractivity contribution in [1.29, 1.82) is 0 Å². The van der Waals surface area contributed by atoms with Crippen molar-refractivity contribution in [2.45, 2.75) is 30.7 Å². The van der Waals surface area contributed by atoms with Gasteiger partial charge in [0.25, 0.3) is 5.69 Å². The molecular weight excluding hydrogens is 330 g/mol. The van der Waals surface area contributed by atoms with Gasteiger partial charge in [-0.1, -0.05) is 12.1 Å². The third-order valence-electron chi connectivity index (χ3n) is 3.85. The topological polar surface area (TPSA) is 92.6 Å². The summed E-state index contributed by atoms with van der Waals surface area (Å²) < 4.78 is 26.8. The van der Waals surface area contributed by atoms with E-state index in [4.69, 9.17) is 0 Å². The van der Waals surface area contributed by atoms with Gasteiger partial charge in [0.2, 0.25) is 10.0 Å². The van der Waals surface area contributed by atoms with Gasteiger partial charge in [0.15, 0.2) is 4.90 Å². The molecule has 1 fully saturated rings. The Labute approximate surface area is 136 Å². The van der Waals surface area contributed by atoms with E-state index in [2.05, 4.69) is 5.32 Å². The molecule has 1 N–H and O–H groups in total. The third kappa shape index (κ3) is 3.57. The first-order valence-corrected chi connectivity index (χ1v) is 8.23. The summed E-state index contributed by atoms with van der Waals surface area (Å²) in [6, 6.07) is 4.61. The molecule has 2 rings (SSSR count). The summed E-state index contributed by atoms with van der Waals surface area (Å²) in [5, 5.41) is 14.2. The lowest BCUT2D eigenvalue weighted by Crippen LogP contribution is -2.44. The van der Waals surface area contributed by atoms with Gasteiger partial charge in [0.1, 0.15) is 0 Å². The van der Waals surface area contributed by atoms with Crippen LogP contribution in [0.5, 0.6) is 0 Å². The first kappa shape index (κ1) is 18.8. The van der Waals surface area contributed by atoms with Gasteiger partial charge in [0.05, 0.1) is 4.92 Å². The Balaban J connectivity index is 0.00000242. The Morgan fingerprint density at radius 3 is 2.41 bits per heavy atom. The monoisotopic (exact) mass is 349 g/mol. The second kappa shape index (κ2) is 7.36. The van der Waals surface area contributed by atoms with Crippen molar-refractivity contribution in [1.82, 2.24) is 9.62 Å². The number of nitro groups is 1. The number of nitrogens with zero attached hydrogens (tertiary/aromatic N) is 2. The van der Waals surface area contributed by atoms with E-state index in [9.17, 15) is 18.5 Å². The predicted octanol–water partition coefficient (Wildman–Crippen LogP) is 1.70. The Bertz CT molecular complexity index is 643. The number of nitrogens with one attached hydrogen (secondary N) is 1. The smallest absolute Gasteiger partial charge is 0.289 e. The highest BCUT2D eigenvalue weighted by atomic mass is 35.5. The zero-order valence-electron chi connectivity index (χ0n) is 12.5. The zero-order chi connectivity index (χ0) is 15.6. The van der Waals surface area contributed by atoms with Crippen LogP contribution in [0.15, 0.2) is 23.1 Å². The molecule has 1 aliphatic rings. The molecule has 1 aliphatic heterocycles. The Morgan fingerprint density at radius 2 is 1.91 bits per heavy atom. The number of aryl methyl sites for hydroxylation is 1. The molecule has 7 nitrogen and oxygen atoms in total. The number of piperidine rings is 1. The van der Waals surface area contributed by atoms with Crippen LogP contribution in [0.1, 0.15) is 18.4 Å². The number of sulfonamides is 1. The van der Waals surface area contributed by atoms with Crippen LogP contribution in [0, 0.1) is 17.0 Å². The number of benzene rings is 1. The quantitative estimate of drug-likeness (QED) is 0.659. The van der Waals surface area contributed by atoms with E-state index >= 15 is 0 Å². The summed E-state index contributed by atoms with van der Waals surface area (Å²) in [5.41, 5.74) is 0.0469. The van der Waals surface area contributed by atoms with Crippen molar-refractivity contribution in [2.24, 2.45) is 0 Å². The minimum atomic E-state index is -3.84. The highest BCUT2D eigenvalue weighted by Gasteiger charge is 2.35. The molecule has 9 heteroatoms. The molecule has 1 heterocycles. The predicted molar refractivity (Wildman–Crippen MR) is 85.9 cm³/mol. The van der Waals surface area contributed by atoms with E-state index < -0.39 is 14.9 Å². The molecule has 1 saturated heterocycles. The standard InChI is InChI=1S/C13H19N3O4S.ClH/c1-10-4-3-5-12(16(17)18)13(10)21(19,20)15-8-6-11(14-2)7-9-15;/h3-5,11,14H,6-9H2,1-2H3;1H. The molecule has 0 atom stereocenters. The summed E-state index contributed by atoms with van der Waals surface area (Å²) in [6.45, 7) is 2.33. The largest absolute Gasteiger partial charge is 0.317 e. The highest BCUT2D eigenvalue weighted by Crippen LogP contribution is 2.31. The highest BCUT2D eigenvalue weighted by molar-refractivity contribution is 7.89. The maximum absolute atomic E-state index is 12.7. The minimum absolute atomic E-state index is 0. The van der Waals surface area contributed by atoms with Gasteiger partial charge in [-0.3, -0.25) is 10.1 Å². The van der Waals surface area contributed by atoms with Crippen LogP contribution in [0.2, 0.25) is 0 Å². The lowest BCUT2D eigenvalue weighted by molar-refractivity contribution is -0.387. The van der Waals surface area contributed by atoms with Crippen molar-refractivity contribution in [3.8, 4) is 0 Å². The lowest BCUT2D eigenvalue weighted by atomic mass is 10.1. The van der Waals surface area contributed by atoms with Crippen LogP contribution in [0.25, 0.3) is 0 Å². The van der Waals surface area contributed by atoms with Crippen molar-refractivity contribution in [2.75, 3.05) is 20.1 Å². The van der Waals surface area contributed by atoms with Crippen molar-refractivity contribution >= 4 is 28.1 Å². The number of hydrogen-bond acceptors (Lipinski definition) is 5. The maximum atomic E-state index is 12.7. The fourth-order valence-corrected chi connectivity index (χ4v) is 4.46. The van der Waals surface area contributed by atoms with Gasteiger partial charge >= 0.3 is 0 Å². The van der Waals surface area contributed by atoms with Crippen molar-refractivity contribution in [3.63, 3.8) is 0 Å². The molecule has 0 unspecified atom stereocenters. The second-order valence-corrected chi connectivity index (χ2v) is 7.02. The van der Waals surface area contributed by atoms with E-state index in [1.165, 1.54) is 16.4 Å². The summed E-state index contributed by atoms with van der Waals surface area (Å²) in [4.78, 5) is 10.3. The molecule has 0 saturated carbocycles. The molecule has 1 aromatic rings. The molecular formula is C13H20ClN3O4S. The van der Waals surface area contributed by atoms with Gasteiger partial charge < -0.3 is 5.32 Å². The SMILES string of the molecule is CNC1CCN(S(=O)(=O)c2c(C)cccc2[N+](=O)[O-])CC1.Cl. The molecule has 124 valence electrons. The van der Waals surface area contributed by atoms with E-state index in [1.807, 2.05) is 7.05 Å². The molecule has 0 spiro atoms. The van der Waals surface area contributed by atoms with Gasteiger partial charge in [-0.25, -0.2) is 8.42 Å². The van der Waals surface area contributed by atoms with Crippen LogP contribution in [-0.2, 0) is 10.0 Å². The molecule has 0 amide bonds. The lowest BCUT2D eigenvalue weighted by Gasteiger charge is -2.31. The van der Waals surface area contributed by atoms with E-state index in [-0.39, 0.29) is 23.0 Å². The van der Waals surface area contributed by atoms with Crippen LogP contribution in [0.3, 0.4) is 0 Å². The van der Waals surface area contributed by atoms with Crippen LogP contribution in [-0.4, -0.2) is 43.8 Å².